The number of carbonyl (C=O) groups excluding carboxylic acids is 1. The lowest BCUT2D eigenvalue weighted by Crippen LogP contribution is -2.44. The fourth-order valence-electron chi connectivity index (χ4n) is 5.89. The van der Waals surface area contributed by atoms with E-state index in [4.69, 9.17) is 0 Å². The Morgan fingerprint density at radius 2 is 1.94 bits per heavy atom. The van der Waals surface area contributed by atoms with Crippen LogP contribution in [0.25, 0.3) is 10.2 Å². The van der Waals surface area contributed by atoms with Crippen molar-refractivity contribution in [3.63, 3.8) is 0 Å². The van der Waals surface area contributed by atoms with Gasteiger partial charge >= 0.3 is 0 Å². The number of nitrogens with zero attached hydrogens (tertiary/aromatic N) is 2. The van der Waals surface area contributed by atoms with Gasteiger partial charge in [-0.15, -0.1) is 0 Å². The van der Waals surface area contributed by atoms with Crippen LogP contribution in [0, 0.1) is 17.8 Å². The zero-order valence-corrected chi connectivity index (χ0v) is 20.3. The van der Waals surface area contributed by atoms with E-state index in [2.05, 4.69) is 32.2 Å². The number of alkyl halides is 2. The minimum absolute atomic E-state index is 0.0713. The number of hydrazine groups is 1. The molecule has 2 aromatic heterocycles. The van der Waals surface area contributed by atoms with Crippen LogP contribution in [0.1, 0.15) is 42.4 Å². The molecule has 1 saturated heterocycles. The zero-order chi connectivity index (χ0) is 24.1. The number of anilines is 1. The molecule has 3 fully saturated rings. The Bertz CT molecular complexity index is 1240. The molecule has 3 heterocycles. The number of aromatic nitrogens is 2. The van der Waals surface area contributed by atoms with E-state index in [-0.39, 0.29) is 30.2 Å². The van der Waals surface area contributed by atoms with Crippen molar-refractivity contribution >= 4 is 32.6 Å². The molecule has 9 heteroatoms. The molecular weight excluding hydrogens is 468 g/mol. The molecule has 2 aliphatic carbocycles. The van der Waals surface area contributed by atoms with E-state index < -0.39 is 18.3 Å². The van der Waals surface area contributed by atoms with Gasteiger partial charge in [0.15, 0.2) is 5.13 Å². The van der Waals surface area contributed by atoms with Gasteiger partial charge in [0.1, 0.15) is 12.3 Å². The quantitative estimate of drug-likeness (QED) is 0.473. The molecule has 3 N–H and O–H groups in total. The van der Waals surface area contributed by atoms with Gasteiger partial charge < -0.3 is 5.32 Å². The fourth-order valence-corrected chi connectivity index (χ4v) is 6.94. The molecule has 5 unspecified atom stereocenters. The molecule has 2 saturated carbocycles. The molecule has 3 aromatic rings. The van der Waals surface area contributed by atoms with Crippen LogP contribution in [0.2, 0.25) is 0 Å². The number of hydrogen-bond acceptors (Lipinski definition) is 6. The monoisotopic (exact) mass is 497 g/mol. The molecule has 184 valence electrons. The number of halogens is 2. The highest BCUT2D eigenvalue weighted by Crippen LogP contribution is 2.47. The van der Waals surface area contributed by atoms with Gasteiger partial charge in [0.2, 0.25) is 5.91 Å². The molecule has 0 bridgehead atoms. The minimum Gasteiger partial charge on any atom is -0.302 e. The van der Waals surface area contributed by atoms with E-state index in [9.17, 15) is 9.18 Å². The summed E-state index contributed by atoms with van der Waals surface area (Å²) in [4.78, 5) is 21.1. The number of pyridine rings is 1. The Labute approximate surface area is 206 Å². The van der Waals surface area contributed by atoms with E-state index in [0.717, 1.165) is 29.6 Å². The predicted octanol–water partition coefficient (Wildman–Crippen LogP) is 4.33. The smallest absolute Gasteiger partial charge is 0.232 e. The molecule has 1 amide bonds. The Balaban J connectivity index is 1.39. The summed E-state index contributed by atoms with van der Waals surface area (Å²) in [6, 6.07) is 8.24. The molecule has 3 aliphatic rings. The average Bonchev–Trinajstić information content (AvgIpc) is 3.22. The van der Waals surface area contributed by atoms with Gasteiger partial charge in [-0.3, -0.25) is 20.6 Å². The summed E-state index contributed by atoms with van der Waals surface area (Å²) in [6.07, 6.45) is 4.08. The Kier molecular flexibility index (Phi) is 6.02. The van der Waals surface area contributed by atoms with Gasteiger partial charge in [0.25, 0.3) is 0 Å². The number of hydrogen-bond donors (Lipinski definition) is 3. The van der Waals surface area contributed by atoms with Crippen molar-refractivity contribution in [2.45, 2.75) is 56.9 Å². The van der Waals surface area contributed by atoms with Crippen LogP contribution in [-0.4, -0.2) is 40.8 Å². The maximum absolute atomic E-state index is 15.1. The SMILES string of the molecule is CC1C(F)CC2NNCC2C1c1ccc2nc(NC(=O)[C@@H]3C[C@@H]3F)sc2c1CCc1ccncc1. The lowest BCUT2D eigenvalue weighted by molar-refractivity contribution is -0.117. The van der Waals surface area contributed by atoms with Gasteiger partial charge in [-0.2, -0.15) is 0 Å². The normalized spacial score (nSPS) is 31.9. The van der Waals surface area contributed by atoms with Crippen LogP contribution in [0.4, 0.5) is 13.9 Å². The number of amides is 1. The van der Waals surface area contributed by atoms with Crippen LogP contribution in [0.3, 0.4) is 0 Å². The second kappa shape index (κ2) is 9.19. The number of carbonyl (C=O) groups is 1. The van der Waals surface area contributed by atoms with Crippen molar-refractivity contribution in [2.24, 2.45) is 17.8 Å². The standard InChI is InChI=1S/C26H29F2N5OS/c1-13-19(27)11-22-18(12-30-33-22)23(13)15-4-5-21-24(16(15)3-2-14-6-8-29-9-7-14)35-26(31-21)32-25(34)17-10-20(17)28/h4-9,13,17-20,22-23,30,33H,2-3,10-12H2,1H3,(H,31,32,34)/t13?,17-,18?,19?,20+,22?,23?/m1/s1. The molecule has 1 aliphatic heterocycles. The van der Waals surface area contributed by atoms with Crippen molar-refractivity contribution in [1.82, 2.24) is 20.8 Å². The zero-order valence-electron chi connectivity index (χ0n) is 19.5. The number of thiazole rings is 1. The van der Waals surface area contributed by atoms with E-state index in [1.807, 2.05) is 25.1 Å². The Morgan fingerprint density at radius 3 is 2.71 bits per heavy atom. The van der Waals surface area contributed by atoms with Gasteiger partial charge in [-0.25, -0.2) is 13.8 Å². The number of nitrogens with one attached hydrogen (secondary N) is 3. The van der Waals surface area contributed by atoms with Gasteiger partial charge in [-0.05, 0) is 78.3 Å². The summed E-state index contributed by atoms with van der Waals surface area (Å²) in [7, 11) is 0. The molecule has 35 heavy (non-hydrogen) atoms. The molecule has 6 rings (SSSR count). The highest BCUT2D eigenvalue weighted by Gasteiger charge is 2.47. The van der Waals surface area contributed by atoms with E-state index in [1.54, 1.807) is 12.4 Å². The number of aryl methyl sites for hydroxylation is 2. The molecule has 0 spiro atoms. The van der Waals surface area contributed by atoms with Gasteiger partial charge in [-0.1, -0.05) is 24.3 Å². The van der Waals surface area contributed by atoms with Gasteiger partial charge in [0, 0.05) is 25.0 Å². The Hall–Kier alpha value is -2.49. The summed E-state index contributed by atoms with van der Waals surface area (Å²) < 4.78 is 29.5. The second-order valence-electron chi connectivity index (χ2n) is 10.1. The second-order valence-corrected chi connectivity index (χ2v) is 11.1. The first kappa shape index (κ1) is 22.9. The maximum atomic E-state index is 15.1. The Morgan fingerprint density at radius 1 is 1.14 bits per heavy atom. The molecule has 7 atom stereocenters. The van der Waals surface area contributed by atoms with Gasteiger partial charge in [0.05, 0.1) is 16.1 Å². The average molecular weight is 498 g/mol. The van der Waals surface area contributed by atoms with Crippen LogP contribution < -0.4 is 16.2 Å². The summed E-state index contributed by atoms with van der Waals surface area (Å²) in [5.74, 6) is -0.590. The molecular formula is C26H29F2N5OS. The highest BCUT2D eigenvalue weighted by molar-refractivity contribution is 7.22. The van der Waals surface area contributed by atoms with Crippen molar-refractivity contribution in [3.8, 4) is 0 Å². The van der Waals surface area contributed by atoms with Crippen LogP contribution in [-0.2, 0) is 17.6 Å². The first-order chi connectivity index (χ1) is 17.0. The maximum Gasteiger partial charge on any atom is 0.232 e. The lowest BCUT2D eigenvalue weighted by Gasteiger charge is -2.41. The number of rotatable bonds is 6. The summed E-state index contributed by atoms with van der Waals surface area (Å²) in [5.41, 5.74) is 10.9. The minimum atomic E-state index is -1.05. The van der Waals surface area contributed by atoms with E-state index in [1.165, 1.54) is 28.0 Å². The van der Waals surface area contributed by atoms with Crippen molar-refractivity contribution in [1.29, 1.82) is 0 Å². The molecule has 6 nitrogen and oxygen atoms in total. The van der Waals surface area contributed by atoms with Crippen LogP contribution in [0.15, 0.2) is 36.7 Å². The lowest BCUT2D eigenvalue weighted by atomic mass is 9.66. The summed E-state index contributed by atoms with van der Waals surface area (Å²) >= 11 is 1.44. The number of benzene rings is 1. The fraction of sp³-hybridized carbons (Fsp3) is 0.500. The first-order valence-electron chi connectivity index (χ1n) is 12.4. The molecule has 0 radical (unpaired) electrons. The predicted molar refractivity (Wildman–Crippen MR) is 133 cm³/mol. The third-order valence-corrected chi connectivity index (χ3v) is 9.01. The van der Waals surface area contributed by atoms with Crippen LogP contribution in [0.5, 0.6) is 0 Å². The highest BCUT2D eigenvalue weighted by atomic mass is 32.1. The number of fused-ring (bicyclic) bond motifs is 2. The molecule has 1 aromatic carbocycles. The van der Waals surface area contributed by atoms with Crippen molar-refractivity contribution in [2.75, 3.05) is 11.9 Å². The van der Waals surface area contributed by atoms with Crippen molar-refractivity contribution in [3.05, 3.63) is 53.3 Å². The third kappa shape index (κ3) is 4.34. The summed E-state index contributed by atoms with van der Waals surface area (Å²) in [6.45, 7) is 2.84. The van der Waals surface area contributed by atoms with E-state index >= 15 is 4.39 Å². The van der Waals surface area contributed by atoms with Crippen LogP contribution >= 0.6 is 11.3 Å². The van der Waals surface area contributed by atoms with Crippen molar-refractivity contribution < 1.29 is 13.6 Å². The third-order valence-electron chi connectivity index (χ3n) is 7.97. The van der Waals surface area contributed by atoms with E-state index in [0.29, 0.717) is 17.5 Å². The first-order valence-corrected chi connectivity index (χ1v) is 13.2. The summed E-state index contributed by atoms with van der Waals surface area (Å²) in [5, 5.41) is 3.31. The topological polar surface area (TPSA) is 78.9 Å². The largest absolute Gasteiger partial charge is 0.302 e.